The number of benzene rings is 1. The lowest BCUT2D eigenvalue weighted by Crippen LogP contribution is -2.50. The van der Waals surface area contributed by atoms with E-state index in [2.05, 4.69) is 5.32 Å². The summed E-state index contributed by atoms with van der Waals surface area (Å²) in [6.07, 6.45) is 0. The van der Waals surface area contributed by atoms with E-state index in [1.165, 1.54) is 6.07 Å². The molecular formula is C12H16N2O4. The molecule has 0 aromatic heterocycles. The van der Waals surface area contributed by atoms with Gasteiger partial charge in [-0.2, -0.15) is 0 Å². The van der Waals surface area contributed by atoms with E-state index in [-0.39, 0.29) is 17.7 Å². The summed E-state index contributed by atoms with van der Waals surface area (Å²) in [7, 11) is 0. The molecule has 6 heteroatoms. The molecule has 6 nitrogen and oxygen atoms in total. The number of aliphatic hydroxyl groups excluding tert-OH is 1. The second kappa shape index (κ2) is 4.91. The fourth-order valence-corrected chi connectivity index (χ4v) is 1.90. The van der Waals surface area contributed by atoms with Gasteiger partial charge < -0.3 is 15.2 Å². The van der Waals surface area contributed by atoms with Crippen LogP contribution in [0.3, 0.4) is 0 Å². The Morgan fingerprint density at radius 2 is 2.28 bits per heavy atom. The molecule has 1 aromatic rings. The smallest absolute Gasteiger partial charge is 0.272 e. The zero-order chi connectivity index (χ0) is 13.2. The maximum Gasteiger partial charge on any atom is 0.272 e. The lowest BCUT2D eigenvalue weighted by atomic mass is 9.87. The molecule has 2 N–H and O–H groups in total. The Morgan fingerprint density at radius 3 is 2.72 bits per heavy atom. The SMILES string of the molecule is Cc1cc(NCC2(CO)COC2)ccc1[N+](=O)[O-]. The second-order valence-electron chi connectivity index (χ2n) is 4.76. The lowest BCUT2D eigenvalue weighted by Gasteiger charge is -2.40. The molecule has 2 rings (SSSR count). The number of nitrogens with one attached hydrogen (secondary N) is 1. The summed E-state index contributed by atoms with van der Waals surface area (Å²) in [4.78, 5) is 10.3. The molecular weight excluding hydrogens is 236 g/mol. The first kappa shape index (κ1) is 12.8. The maximum absolute atomic E-state index is 10.7. The number of hydrogen-bond donors (Lipinski definition) is 2. The molecule has 0 aliphatic carbocycles. The monoisotopic (exact) mass is 252 g/mol. The van der Waals surface area contributed by atoms with Crippen molar-refractivity contribution in [2.75, 3.05) is 31.7 Å². The second-order valence-corrected chi connectivity index (χ2v) is 4.76. The third-order valence-corrected chi connectivity index (χ3v) is 3.21. The summed E-state index contributed by atoms with van der Waals surface area (Å²) in [5.74, 6) is 0. The van der Waals surface area contributed by atoms with Gasteiger partial charge in [-0.05, 0) is 19.1 Å². The molecule has 1 aliphatic rings. The van der Waals surface area contributed by atoms with Gasteiger partial charge in [0.05, 0.1) is 30.2 Å². The van der Waals surface area contributed by atoms with Crippen LogP contribution in [0.1, 0.15) is 5.56 Å². The standard InChI is InChI=1S/C12H16N2O4/c1-9-4-10(2-3-11(9)14(16)17)13-5-12(6-15)7-18-8-12/h2-4,13,15H,5-8H2,1H3. The Balaban J connectivity index is 2.02. The Bertz CT molecular complexity index is 452. The molecule has 1 heterocycles. The van der Waals surface area contributed by atoms with Crippen molar-refractivity contribution in [3.05, 3.63) is 33.9 Å². The molecule has 0 spiro atoms. The number of nitrogens with zero attached hydrogens (tertiary/aromatic N) is 1. The number of nitro groups is 1. The molecule has 0 bridgehead atoms. The molecule has 98 valence electrons. The van der Waals surface area contributed by atoms with Gasteiger partial charge in [0.15, 0.2) is 0 Å². The average molecular weight is 252 g/mol. The number of ether oxygens (including phenoxy) is 1. The molecule has 0 radical (unpaired) electrons. The van der Waals surface area contributed by atoms with Crippen LogP contribution in [0.15, 0.2) is 18.2 Å². The highest BCUT2D eigenvalue weighted by atomic mass is 16.6. The van der Waals surface area contributed by atoms with Crippen LogP contribution in [0, 0.1) is 22.5 Å². The maximum atomic E-state index is 10.7. The predicted molar refractivity (Wildman–Crippen MR) is 66.7 cm³/mol. The Labute approximate surface area is 105 Å². The van der Waals surface area contributed by atoms with Crippen LogP contribution >= 0.6 is 0 Å². The van der Waals surface area contributed by atoms with Gasteiger partial charge in [0.2, 0.25) is 0 Å². The van der Waals surface area contributed by atoms with E-state index in [0.29, 0.717) is 25.3 Å². The van der Waals surface area contributed by atoms with E-state index in [9.17, 15) is 15.2 Å². The minimum atomic E-state index is -0.395. The van der Waals surface area contributed by atoms with Crippen molar-refractivity contribution in [1.82, 2.24) is 0 Å². The number of aliphatic hydroxyl groups is 1. The molecule has 0 amide bonds. The lowest BCUT2D eigenvalue weighted by molar-refractivity contribution is -0.385. The fraction of sp³-hybridized carbons (Fsp3) is 0.500. The number of anilines is 1. The number of nitro benzene ring substituents is 1. The Kier molecular flexibility index (Phi) is 3.49. The van der Waals surface area contributed by atoms with Crippen LogP contribution in [-0.4, -0.2) is 36.4 Å². The third-order valence-electron chi connectivity index (χ3n) is 3.21. The van der Waals surface area contributed by atoms with E-state index in [1.807, 2.05) is 0 Å². The molecule has 0 saturated carbocycles. The van der Waals surface area contributed by atoms with E-state index < -0.39 is 4.92 Å². The topological polar surface area (TPSA) is 84.6 Å². The quantitative estimate of drug-likeness (QED) is 0.610. The zero-order valence-corrected chi connectivity index (χ0v) is 10.2. The van der Waals surface area contributed by atoms with Crippen LogP contribution in [-0.2, 0) is 4.74 Å². The Morgan fingerprint density at radius 1 is 1.56 bits per heavy atom. The van der Waals surface area contributed by atoms with Crippen molar-refractivity contribution >= 4 is 11.4 Å². The minimum absolute atomic E-state index is 0.0754. The van der Waals surface area contributed by atoms with E-state index in [1.54, 1.807) is 19.1 Å². The van der Waals surface area contributed by atoms with Gasteiger partial charge in [-0.1, -0.05) is 0 Å². The normalized spacial score (nSPS) is 17.0. The molecule has 0 atom stereocenters. The summed E-state index contributed by atoms with van der Waals surface area (Å²) in [6, 6.07) is 4.90. The first-order valence-electron chi connectivity index (χ1n) is 5.74. The summed E-state index contributed by atoms with van der Waals surface area (Å²) >= 11 is 0. The fourth-order valence-electron chi connectivity index (χ4n) is 1.90. The van der Waals surface area contributed by atoms with Crippen molar-refractivity contribution in [2.24, 2.45) is 5.41 Å². The van der Waals surface area contributed by atoms with Crippen LogP contribution in [0.4, 0.5) is 11.4 Å². The zero-order valence-electron chi connectivity index (χ0n) is 10.2. The third kappa shape index (κ3) is 2.44. The summed E-state index contributed by atoms with van der Waals surface area (Å²) in [5, 5.41) is 23.1. The van der Waals surface area contributed by atoms with Crippen molar-refractivity contribution in [2.45, 2.75) is 6.92 Å². The number of hydrogen-bond acceptors (Lipinski definition) is 5. The van der Waals surface area contributed by atoms with Crippen LogP contribution in [0.5, 0.6) is 0 Å². The van der Waals surface area contributed by atoms with E-state index >= 15 is 0 Å². The molecule has 18 heavy (non-hydrogen) atoms. The summed E-state index contributed by atoms with van der Waals surface area (Å²) in [5.41, 5.74) is 1.34. The van der Waals surface area contributed by atoms with Crippen LogP contribution in [0.25, 0.3) is 0 Å². The molecule has 1 aliphatic heterocycles. The van der Waals surface area contributed by atoms with Gasteiger partial charge >= 0.3 is 0 Å². The Hall–Kier alpha value is -1.66. The number of rotatable bonds is 5. The van der Waals surface area contributed by atoms with Crippen molar-refractivity contribution < 1.29 is 14.8 Å². The molecule has 1 aromatic carbocycles. The van der Waals surface area contributed by atoms with Crippen LogP contribution < -0.4 is 5.32 Å². The largest absolute Gasteiger partial charge is 0.396 e. The summed E-state index contributed by atoms with van der Waals surface area (Å²) < 4.78 is 5.10. The predicted octanol–water partition coefficient (Wildman–Crippen LogP) is 1.32. The van der Waals surface area contributed by atoms with Gasteiger partial charge in [-0.15, -0.1) is 0 Å². The summed E-state index contributed by atoms with van der Waals surface area (Å²) in [6.45, 7) is 3.47. The van der Waals surface area contributed by atoms with Crippen LogP contribution in [0.2, 0.25) is 0 Å². The first-order valence-corrected chi connectivity index (χ1v) is 5.74. The first-order chi connectivity index (χ1) is 8.56. The van der Waals surface area contributed by atoms with E-state index in [0.717, 1.165) is 5.69 Å². The number of aryl methyl sites for hydroxylation is 1. The highest BCUT2D eigenvalue weighted by Crippen LogP contribution is 2.28. The minimum Gasteiger partial charge on any atom is -0.396 e. The van der Waals surface area contributed by atoms with Gasteiger partial charge in [0.25, 0.3) is 5.69 Å². The van der Waals surface area contributed by atoms with Crippen molar-refractivity contribution in [3.8, 4) is 0 Å². The molecule has 1 fully saturated rings. The molecule has 0 unspecified atom stereocenters. The average Bonchev–Trinajstić information content (AvgIpc) is 2.27. The van der Waals surface area contributed by atoms with Gasteiger partial charge in [-0.3, -0.25) is 10.1 Å². The van der Waals surface area contributed by atoms with Gasteiger partial charge in [-0.25, -0.2) is 0 Å². The van der Waals surface area contributed by atoms with Gasteiger partial charge in [0.1, 0.15) is 0 Å². The highest BCUT2D eigenvalue weighted by Gasteiger charge is 2.37. The van der Waals surface area contributed by atoms with Gasteiger partial charge in [0, 0.05) is 23.9 Å². The molecule has 1 saturated heterocycles. The van der Waals surface area contributed by atoms with Crippen molar-refractivity contribution in [1.29, 1.82) is 0 Å². The van der Waals surface area contributed by atoms with Crippen molar-refractivity contribution in [3.63, 3.8) is 0 Å². The van der Waals surface area contributed by atoms with E-state index in [4.69, 9.17) is 4.74 Å². The highest BCUT2D eigenvalue weighted by molar-refractivity contribution is 5.53.